The minimum absolute atomic E-state index is 0.614. The summed E-state index contributed by atoms with van der Waals surface area (Å²) in [6, 6.07) is 52.4. The Balaban J connectivity index is 1.44. The molecule has 45 heavy (non-hydrogen) atoms. The fourth-order valence-corrected chi connectivity index (χ4v) is 6.02. The van der Waals surface area contributed by atoms with Gasteiger partial charge < -0.3 is 0 Å². The van der Waals surface area contributed by atoms with E-state index in [-0.39, 0.29) is 0 Å². The van der Waals surface area contributed by atoms with Crippen LogP contribution in [0.15, 0.2) is 152 Å². The Morgan fingerprint density at radius 3 is 1.42 bits per heavy atom. The third-order valence-corrected chi connectivity index (χ3v) is 8.13. The number of aromatic nitrogens is 4. The van der Waals surface area contributed by atoms with Crippen LogP contribution in [0.25, 0.3) is 78.1 Å². The lowest BCUT2D eigenvalue weighted by Gasteiger charge is -2.15. The second kappa shape index (κ2) is 11.3. The maximum Gasteiger partial charge on any atom is 0.164 e. The average molecular weight is 577 g/mol. The molecule has 4 nitrogen and oxygen atoms in total. The molecule has 0 amide bonds. The highest BCUT2D eigenvalue weighted by Gasteiger charge is 2.17. The van der Waals surface area contributed by atoms with Crippen LogP contribution in [0.3, 0.4) is 0 Å². The number of pyridine rings is 1. The summed E-state index contributed by atoms with van der Waals surface area (Å²) in [5, 5.41) is 4.79. The summed E-state index contributed by atoms with van der Waals surface area (Å²) in [4.78, 5) is 20.0. The summed E-state index contributed by atoms with van der Waals surface area (Å²) in [5.41, 5.74) is 7.92. The first-order chi connectivity index (χ1) is 22.2. The summed E-state index contributed by atoms with van der Waals surface area (Å²) in [5.74, 6) is 1.88. The van der Waals surface area contributed by atoms with Crippen LogP contribution >= 0.6 is 0 Å². The number of rotatable bonds is 5. The number of hydrogen-bond acceptors (Lipinski definition) is 4. The van der Waals surface area contributed by atoms with Gasteiger partial charge in [-0.1, -0.05) is 115 Å². The van der Waals surface area contributed by atoms with E-state index in [1.165, 1.54) is 27.1 Å². The standard InChI is InChI=1S/C41H28N4/c1-27-13-12-22-37(42-27)32-24-33(38-35-20-10-8-18-30(35)23-31-19-9-11-21-36(31)38)26-34(25-32)41-44-39(28-14-4-2-5-15-28)43-40(45-41)29-16-6-3-7-17-29/h2-26H,1H3. The van der Waals surface area contributed by atoms with Crippen LogP contribution in [0.1, 0.15) is 5.69 Å². The third-order valence-electron chi connectivity index (χ3n) is 8.13. The normalized spacial score (nSPS) is 11.2. The van der Waals surface area contributed by atoms with Crippen molar-refractivity contribution < 1.29 is 0 Å². The van der Waals surface area contributed by atoms with Gasteiger partial charge in [0.05, 0.1) is 5.69 Å². The second-order valence-electron chi connectivity index (χ2n) is 11.2. The molecule has 2 aromatic heterocycles. The van der Waals surface area contributed by atoms with E-state index in [0.29, 0.717) is 17.5 Å². The first-order valence-electron chi connectivity index (χ1n) is 15.1. The molecule has 0 saturated heterocycles. The Bertz CT molecular complexity index is 2220. The number of aryl methyl sites for hydroxylation is 1. The van der Waals surface area contributed by atoms with Crippen molar-refractivity contribution in [3.05, 3.63) is 157 Å². The van der Waals surface area contributed by atoms with Gasteiger partial charge in [0.2, 0.25) is 0 Å². The smallest absolute Gasteiger partial charge is 0.164 e. The maximum absolute atomic E-state index is 5.07. The highest BCUT2D eigenvalue weighted by molar-refractivity contribution is 6.13. The Kier molecular flexibility index (Phi) is 6.65. The number of nitrogens with zero attached hydrogens (tertiary/aromatic N) is 4. The van der Waals surface area contributed by atoms with Crippen molar-refractivity contribution in [2.24, 2.45) is 0 Å². The van der Waals surface area contributed by atoms with Crippen molar-refractivity contribution in [2.45, 2.75) is 6.92 Å². The molecule has 0 N–H and O–H groups in total. The molecule has 0 atom stereocenters. The lowest BCUT2D eigenvalue weighted by Crippen LogP contribution is -2.00. The zero-order valence-corrected chi connectivity index (χ0v) is 24.7. The molecule has 6 aromatic carbocycles. The van der Waals surface area contributed by atoms with Gasteiger partial charge in [-0.15, -0.1) is 0 Å². The molecule has 0 aliphatic carbocycles. The Morgan fingerprint density at radius 1 is 0.356 bits per heavy atom. The van der Waals surface area contributed by atoms with Gasteiger partial charge in [-0.2, -0.15) is 0 Å². The van der Waals surface area contributed by atoms with E-state index < -0.39 is 0 Å². The van der Waals surface area contributed by atoms with Crippen molar-refractivity contribution in [1.82, 2.24) is 19.9 Å². The van der Waals surface area contributed by atoms with E-state index in [2.05, 4.69) is 84.9 Å². The van der Waals surface area contributed by atoms with Gasteiger partial charge in [-0.3, -0.25) is 4.98 Å². The summed E-state index contributed by atoms with van der Waals surface area (Å²) < 4.78 is 0. The van der Waals surface area contributed by atoms with Gasteiger partial charge in [0.25, 0.3) is 0 Å². The molecule has 0 radical (unpaired) electrons. The Morgan fingerprint density at radius 2 is 0.844 bits per heavy atom. The van der Waals surface area contributed by atoms with Crippen LogP contribution in [-0.4, -0.2) is 19.9 Å². The summed E-state index contributed by atoms with van der Waals surface area (Å²) in [6.07, 6.45) is 0. The molecular weight excluding hydrogens is 548 g/mol. The molecular formula is C41H28N4. The van der Waals surface area contributed by atoms with Gasteiger partial charge in [0.1, 0.15) is 0 Å². The molecule has 0 aliphatic heterocycles. The summed E-state index contributed by atoms with van der Waals surface area (Å²) >= 11 is 0. The predicted molar refractivity (Wildman–Crippen MR) is 185 cm³/mol. The topological polar surface area (TPSA) is 51.6 Å². The molecule has 0 spiro atoms. The minimum Gasteiger partial charge on any atom is -0.253 e. The number of fused-ring (bicyclic) bond motifs is 2. The van der Waals surface area contributed by atoms with E-state index in [9.17, 15) is 0 Å². The van der Waals surface area contributed by atoms with Gasteiger partial charge >= 0.3 is 0 Å². The van der Waals surface area contributed by atoms with Crippen molar-refractivity contribution >= 4 is 21.5 Å². The monoisotopic (exact) mass is 576 g/mol. The van der Waals surface area contributed by atoms with E-state index in [4.69, 9.17) is 19.9 Å². The maximum atomic E-state index is 5.07. The van der Waals surface area contributed by atoms with Crippen molar-refractivity contribution in [3.63, 3.8) is 0 Å². The highest BCUT2D eigenvalue weighted by Crippen LogP contribution is 2.40. The molecule has 0 bridgehead atoms. The van der Waals surface area contributed by atoms with Crippen molar-refractivity contribution in [1.29, 1.82) is 0 Å². The number of benzene rings is 6. The van der Waals surface area contributed by atoms with Crippen molar-refractivity contribution in [2.75, 3.05) is 0 Å². The van der Waals surface area contributed by atoms with Crippen LogP contribution in [0.2, 0.25) is 0 Å². The first-order valence-corrected chi connectivity index (χ1v) is 15.1. The Labute approximate surface area is 261 Å². The quantitative estimate of drug-likeness (QED) is 0.191. The van der Waals surface area contributed by atoms with Gasteiger partial charge in [-0.05, 0) is 76.0 Å². The summed E-state index contributed by atoms with van der Waals surface area (Å²) in [6.45, 7) is 2.02. The highest BCUT2D eigenvalue weighted by atomic mass is 15.0. The van der Waals surface area contributed by atoms with Gasteiger partial charge in [0, 0.05) is 27.9 Å². The fourth-order valence-electron chi connectivity index (χ4n) is 6.02. The molecule has 212 valence electrons. The zero-order chi connectivity index (χ0) is 30.2. The van der Waals surface area contributed by atoms with E-state index in [1.807, 2.05) is 73.7 Å². The SMILES string of the molecule is Cc1cccc(-c2cc(-c3nc(-c4ccccc4)nc(-c4ccccc4)n3)cc(-c3c4ccccc4cc4ccccc34)c2)n1. The van der Waals surface area contributed by atoms with E-state index in [1.54, 1.807) is 0 Å². The predicted octanol–water partition coefficient (Wildman–Crippen LogP) is 10.2. The lowest BCUT2D eigenvalue weighted by atomic mass is 9.90. The zero-order valence-electron chi connectivity index (χ0n) is 24.7. The van der Waals surface area contributed by atoms with Crippen LogP contribution in [0, 0.1) is 6.92 Å². The van der Waals surface area contributed by atoms with E-state index >= 15 is 0 Å². The molecule has 0 saturated carbocycles. The van der Waals surface area contributed by atoms with Gasteiger partial charge in [-0.25, -0.2) is 15.0 Å². The lowest BCUT2D eigenvalue weighted by molar-refractivity contribution is 1.07. The number of hydrogen-bond donors (Lipinski definition) is 0. The van der Waals surface area contributed by atoms with Crippen LogP contribution in [-0.2, 0) is 0 Å². The summed E-state index contributed by atoms with van der Waals surface area (Å²) in [7, 11) is 0. The van der Waals surface area contributed by atoms with Gasteiger partial charge in [0.15, 0.2) is 17.5 Å². The Hall–Kier alpha value is -6.00. The molecule has 4 heteroatoms. The van der Waals surface area contributed by atoms with Crippen molar-refractivity contribution in [3.8, 4) is 56.5 Å². The molecule has 0 aliphatic rings. The molecule has 8 aromatic rings. The average Bonchev–Trinajstić information content (AvgIpc) is 3.11. The molecule has 0 unspecified atom stereocenters. The van der Waals surface area contributed by atoms with Crippen LogP contribution in [0.4, 0.5) is 0 Å². The van der Waals surface area contributed by atoms with E-state index in [0.717, 1.165) is 39.2 Å². The first kappa shape index (κ1) is 26.6. The second-order valence-corrected chi connectivity index (χ2v) is 11.2. The largest absolute Gasteiger partial charge is 0.253 e. The minimum atomic E-state index is 0.614. The third kappa shape index (κ3) is 5.13. The molecule has 0 fully saturated rings. The molecule has 8 rings (SSSR count). The molecule has 2 heterocycles. The van der Waals surface area contributed by atoms with Crippen LogP contribution < -0.4 is 0 Å². The fraction of sp³-hybridized carbons (Fsp3) is 0.0244. The van der Waals surface area contributed by atoms with Crippen LogP contribution in [0.5, 0.6) is 0 Å².